The summed E-state index contributed by atoms with van der Waals surface area (Å²) >= 11 is 6.11. The molecule has 4 N–H and O–H groups in total. The zero-order valence-electron chi connectivity index (χ0n) is 47.4. The molecule has 2 unspecified atom stereocenters. The van der Waals surface area contributed by atoms with E-state index in [0.29, 0.717) is 17.1 Å². The van der Waals surface area contributed by atoms with E-state index in [-0.39, 0.29) is 36.5 Å². The zero-order chi connectivity index (χ0) is 56.8. The van der Waals surface area contributed by atoms with Gasteiger partial charge in [0.15, 0.2) is 11.3 Å². The van der Waals surface area contributed by atoms with Gasteiger partial charge in [0.25, 0.3) is 0 Å². The first-order chi connectivity index (χ1) is 38.0. The fourth-order valence-corrected chi connectivity index (χ4v) is 9.65. The maximum Gasteiger partial charge on any atom is 0.490 e. The van der Waals surface area contributed by atoms with Gasteiger partial charge >= 0.3 is 19.3 Å². The number of aromatic nitrogens is 8. The van der Waals surface area contributed by atoms with Crippen molar-refractivity contribution in [2.24, 2.45) is 0 Å². The summed E-state index contributed by atoms with van der Waals surface area (Å²) in [7, 11) is -0.324. The van der Waals surface area contributed by atoms with Crippen LogP contribution in [0.1, 0.15) is 100 Å². The number of fused-ring (bicyclic) bond motifs is 2. The van der Waals surface area contributed by atoms with Crippen LogP contribution in [0.3, 0.4) is 0 Å². The van der Waals surface area contributed by atoms with Gasteiger partial charge in [-0.3, -0.25) is 0 Å². The second-order valence-electron chi connectivity index (χ2n) is 23.2. The summed E-state index contributed by atoms with van der Waals surface area (Å²) in [4.78, 5) is 46.3. The molecule has 0 aromatic carbocycles. The normalized spacial score (nSPS) is 19.8. The van der Waals surface area contributed by atoms with Crippen LogP contribution < -0.4 is 31.1 Å². The number of hydrogen-bond acceptors (Lipinski definition) is 18. The minimum atomic E-state index is -0.522. The summed E-state index contributed by atoms with van der Waals surface area (Å²) < 4.78 is 37.0. The lowest BCUT2D eigenvalue weighted by Crippen LogP contribution is -2.41. The van der Waals surface area contributed by atoms with Crippen molar-refractivity contribution in [3.8, 4) is 0 Å². The van der Waals surface area contributed by atoms with Crippen LogP contribution in [0, 0.1) is 0 Å². The Kier molecular flexibility index (Phi) is 17.5. The lowest BCUT2D eigenvalue weighted by Gasteiger charge is -2.32. The van der Waals surface area contributed by atoms with E-state index in [1.165, 1.54) is 12.7 Å². The summed E-state index contributed by atoms with van der Waals surface area (Å²) in [6.45, 7) is 25.8. The smallest absolute Gasteiger partial charge is 0.444 e. The molecule has 80 heavy (non-hydrogen) atoms. The van der Waals surface area contributed by atoms with Crippen molar-refractivity contribution in [1.82, 2.24) is 49.8 Å². The number of nitrogens with one attached hydrogen (secondary N) is 4. The van der Waals surface area contributed by atoms with Gasteiger partial charge in [-0.2, -0.15) is 10.2 Å². The molecular weight excluding hydrogens is 1040 g/mol. The van der Waals surface area contributed by atoms with Gasteiger partial charge in [0.2, 0.25) is 0 Å². The summed E-state index contributed by atoms with van der Waals surface area (Å²) in [6.07, 6.45) is 16.9. The molecule has 3 fully saturated rings. The van der Waals surface area contributed by atoms with E-state index in [2.05, 4.69) is 85.5 Å². The first kappa shape index (κ1) is 57.6. The molecule has 11 rings (SSSR count). The Morgan fingerprint density at radius 2 is 1.12 bits per heavy atom. The number of pyridine rings is 4. The van der Waals surface area contributed by atoms with Gasteiger partial charge in [-0.25, -0.2) is 38.6 Å². The van der Waals surface area contributed by atoms with Gasteiger partial charge in [0.05, 0.1) is 77.8 Å². The number of morpholine rings is 2. The minimum Gasteiger partial charge on any atom is -0.444 e. The Balaban J connectivity index is 0.000000151. The number of carbonyl (C=O) groups excluding carboxylic acids is 2. The lowest BCUT2D eigenvalue weighted by molar-refractivity contribution is 0.00578. The molecule has 24 heteroatoms. The Hall–Kier alpha value is -7.05. The highest BCUT2D eigenvalue weighted by Gasteiger charge is 2.53. The third kappa shape index (κ3) is 15.0. The Morgan fingerprint density at radius 1 is 0.650 bits per heavy atom. The number of rotatable bonds is 10. The maximum absolute atomic E-state index is 12.2. The minimum absolute atomic E-state index is 0.00268. The maximum atomic E-state index is 12.2. The highest BCUT2D eigenvalue weighted by molar-refractivity contribution is 6.54. The van der Waals surface area contributed by atoms with E-state index in [9.17, 15) is 9.59 Å². The molecule has 0 bridgehead atoms. The SMILES string of the molecule is CC(C)(C)OC(=O)NC1CC=C(B2OC(C)(C)C(C)(C)O2)C1.CC(C)(C)OC(=O)NC1CC=C(c2cc(Nc3ccc(N4CCOCC4)cn3)c3ncnn3c2)C1.Clc1cc(Nc2ccc(N3CCOCC3)cn2)c2ncnn2c1. The van der Waals surface area contributed by atoms with Gasteiger partial charge in [-0.1, -0.05) is 23.8 Å². The average molecular weight is 1120 g/mol. The second kappa shape index (κ2) is 24.4. The Bertz CT molecular complexity index is 3150. The van der Waals surface area contributed by atoms with E-state index in [0.717, 1.165) is 129 Å². The van der Waals surface area contributed by atoms with Crippen molar-refractivity contribution in [2.75, 3.05) is 73.0 Å². The molecule has 9 heterocycles. The average Bonchev–Trinajstić information content (AvgIpc) is 4.27. The second-order valence-corrected chi connectivity index (χ2v) is 23.6. The van der Waals surface area contributed by atoms with Crippen LogP contribution in [0.15, 0.2) is 91.5 Å². The molecule has 2 atom stereocenters. The van der Waals surface area contributed by atoms with E-state index < -0.39 is 17.3 Å². The third-order valence-corrected chi connectivity index (χ3v) is 14.3. The number of halogens is 1. The predicted octanol–water partition coefficient (Wildman–Crippen LogP) is 9.36. The topological polar surface area (TPSA) is 230 Å². The molecule has 6 aromatic heterocycles. The van der Waals surface area contributed by atoms with Crippen molar-refractivity contribution in [3.63, 3.8) is 0 Å². The van der Waals surface area contributed by atoms with Gasteiger partial charge < -0.3 is 59.3 Å². The van der Waals surface area contributed by atoms with Gasteiger partial charge in [-0.05, 0) is 148 Å². The number of ether oxygens (including phenoxy) is 4. The Labute approximate surface area is 472 Å². The first-order valence-corrected chi connectivity index (χ1v) is 27.6. The number of carbonyl (C=O) groups is 2. The van der Waals surface area contributed by atoms with Crippen molar-refractivity contribution in [1.29, 1.82) is 0 Å². The monoisotopic (exact) mass is 1120 g/mol. The van der Waals surface area contributed by atoms with Crippen molar-refractivity contribution in [2.45, 2.75) is 129 Å². The number of amides is 2. The van der Waals surface area contributed by atoms with Crippen molar-refractivity contribution < 1.29 is 37.8 Å². The summed E-state index contributed by atoms with van der Waals surface area (Å²) in [5, 5.41) is 21.5. The Morgan fingerprint density at radius 3 is 1.61 bits per heavy atom. The van der Waals surface area contributed by atoms with Gasteiger partial charge in [0, 0.05) is 50.7 Å². The summed E-state index contributed by atoms with van der Waals surface area (Å²) in [6, 6.07) is 11.9. The molecule has 0 spiro atoms. The number of alkyl carbamates (subject to hydrolysis) is 2. The molecule has 0 radical (unpaired) electrons. The predicted molar refractivity (Wildman–Crippen MR) is 309 cm³/mol. The van der Waals surface area contributed by atoms with E-state index >= 15 is 0 Å². The molecule has 2 amide bonds. The highest BCUT2D eigenvalue weighted by atomic mass is 35.5. The van der Waals surface area contributed by atoms with Crippen LogP contribution >= 0.6 is 11.6 Å². The largest absolute Gasteiger partial charge is 0.490 e. The summed E-state index contributed by atoms with van der Waals surface area (Å²) in [5.74, 6) is 1.46. The quantitative estimate of drug-likeness (QED) is 0.0936. The molecule has 0 saturated carbocycles. The third-order valence-electron chi connectivity index (χ3n) is 14.1. The van der Waals surface area contributed by atoms with Crippen molar-refractivity contribution in [3.05, 3.63) is 102 Å². The molecule has 5 aliphatic rings. The van der Waals surface area contributed by atoms with Crippen LogP contribution in [0.25, 0.3) is 16.9 Å². The first-order valence-electron chi connectivity index (χ1n) is 27.2. The molecule has 3 saturated heterocycles. The lowest BCUT2D eigenvalue weighted by atomic mass is 9.77. The van der Waals surface area contributed by atoms with E-state index in [1.54, 1.807) is 15.2 Å². The molecule has 6 aromatic rings. The van der Waals surface area contributed by atoms with Gasteiger partial charge in [-0.15, -0.1) is 0 Å². The van der Waals surface area contributed by atoms with Gasteiger partial charge in [0.1, 0.15) is 35.5 Å². The molecule has 3 aliphatic heterocycles. The van der Waals surface area contributed by atoms with Crippen LogP contribution in [0.2, 0.25) is 5.02 Å². The molecule has 426 valence electrons. The molecular formula is C56H74BClN14O8. The number of nitrogens with zero attached hydrogens (tertiary/aromatic N) is 10. The van der Waals surface area contributed by atoms with E-state index in [4.69, 9.17) is 39.9 Å². The van der Waals surface area contributed by atoms with Crippen molar-refractivity contribution >= 4 is 82.2 Å². The number of anilines is 6. The molecule has 2 aliphatic carbocycles. The highest BCUT2D eigenvalue weighted by Crippen LogP contribution is 2.41. The van der Waals surface area contributed by atoms with Crippen LogP contribution in [0.5, 0.6) is 0 Å². The number of hydrogen-bond donors (Lipinski definition) is 4. The van der Waals surface area contributed by atoms with E-state index in [1.807, 2.05) is 112 Å². The molecule has 22 nitrogen and oxygen atoms in total. The van der Waals surface area contributed by atoms with Crippen LogP contribution in [0.4, 0.5) is 44.0 Å². The fourth-order valence-electron chi connectivity index (χ4n) is 9.45. The van der Waals surface area contributed by atoms with Crippen LogP contribution in [-0.4, -0.2) is 146 Å². The van der Waals surface area contributed by atoms with Crippen LogP contribution in [-0.2, 0) is 28.3 Å². The summed E-state index contributed by atoms with van der Waals surface area (Å²) in [5.41, 5.74) is 6.75. The zero-order valence-corrected chi connectivity index (χ0v) is 48.2. The standard InChI is InChI=1S/C25H31N7O3.C16H28BNO4.C15H15ClN6O/c1-25(2,3)35-24(33)29-19-5-4-17(12-19)18-13-21(23-27-16-28-32(23)15-18)30-22-7-6-20(14-26-22)31-8-10-34-11-9-31;1-14(2,3)20-13(19)18-12-9-8-11(10-12)17-21-15(4,5)16(6,7)22-17;16-11-7-13(15-18-10-19-22(15)9-11)20-14-2-1-12(8-17-14)21-3-5-23-6-4-21/h4,6-7,13-16,19H,5,8-12H2,1-3H3,(H,26,30)(H,29,33);8,12H,9-10H2,1-7H3,(H,18,19);1-2,7-10H,3-6H2,(H,17,20). The fraction of sp³-hybridized carbons (Fsp3) is 0.500.